The Labute approximate surface area is 122 Å². The molecule has 0 aromatic heterocycles. The molecular weight excluding hydrogens is 280 g/mol. The van der Waals surface area contributed by atoms with Crippen molar-refractivity contribution in [3.8, 4) is 5.75 Å². The Kier molecular flexibility index (Phi) is 3.22. The van der Waals surface area contributed by atoms with Gasteiger partial charge in [0.05, 0.1) is 18.2 Å². The first kappa shape index (κ1) is 13.5. The number of hydrogen-bond acceptors (Lipinski definition) is 4. The summed E-state index contributed by atoms with van der Waals surface area (Å²) in [5, 5.41) is 10.9. The highest BCUT2D eigenvalue weighted by molar-refractivity contribution is 6.32. The Bertz CT molecular complexity index is 608. The molecule has 1 saturated carbocycles. The Hall–Kier alpha value is -1.52. The zero-order valence-electron chi connectivity index (χ0n) is 11.2. The minimum atomic E-state index is -0.664. The van der Waals surface area contributed by atoms with Crippen LogP contribution in [-0.2, 0) is 9.53 Å². The number of fused-ring (bicyclic) bond motifs is 1. The van der Waals surface area contributed by atoms with E-state index in [2.05, 4.69) is 0 Å². The summed E-state index contributed by atoms with van der Waals surface area (Å²) in [6, 6.07) is 5.28. The molecule has 1 aromatic carbocycles. The molecule has 1 fully saturated rings. The van der Waals surface area contributed by atoms with Crippen LogP contribution in [0, 0.1) is 11.8 Å². The van der Waals surface area contributed by atoms with Crippen LogP contribution in [0.15, 0.2) is 24.0 Å². The first-order valence-corrected chi connectivity index (χ1v) is 6.85. The molecule has 1 N–H and O–H groups in total. The van der Waals surface area contributed by atoms with Gasteiger partial charge < -0.3 is 14.6 Å². The van der Waals surface area contributed by atoms with Crippen molar-refractivity contribution in [3.63, 3.8) is 0 Å². The molecular formula is C15H15ClO4. The van der Waals surface area contributed by atoms with Gasteiger partial charge in [0.15, 0.2) is 0 Å². The summed E-state index contributed by atoms with van der Waals surface area (Å²) >= 11 is 6.25. The fourth-order valence-corrected chi connectivity index (χ4v) is 3.18. The summed E-state index contributed by atoms with van der Waals surface area (Å²) in [6.07, 6.45) is 0.184. The van der Waals surface area contributed by atoms with Gasteiger partial charge in [0.2, 0.25) is 0 Å². The van der Waals surface area contributed by atoms with E-state index in [0.29, 0.717) is 27.7 Å². The molecule has 4 nitrogen and oxygen atoms in total. The molecule has 3 unspecified atom stereocenters. The van der Waals surface area contributed by atoms with Crippen molar-refractivity contribution in [2.75, 3.05) is 7.11 Å². The van der Waals surface area contributed by atoms with Crippen LogP contribution in [-0.4, -0.2) is 24.3 Å². The summed E-state index contributed by atoms with van der Waals surface area (Å²) in [6.45, 7) is 1.36. The number of rotatable bonds is 3. The topological polar surface area (TPSA) is 55.8 Å². The molecule has 5 heteroatoms. The van der Waals surface area contributed by atoms with Crippen LogP contribution in [0.25, 0.3) is 5.57 Å². The molecule has 2 aliphatic rings. The normalized spacial score (nSPS) is 27.3. The van der Waals surface area contributed by atoms with Gasteiger partial charge in [-0.15, -0.1) is 0 Å². The number of hydrogen-bond donors (Lipinski definition) is 1. The zero-order chi connectivity index (χ0) is 14.4. The predicted octanol–water partition coefficient (Wildman–Crippen LogP) is 2.63. The van der Waals surface area contributed by atoms with Crippen LogP contribution in [0.2, 0.25) is 5.02 Å². The summed E-state index contributed by atoms with van der Waals surface area (Å²) in [5.74, 6) is 0.965. The monoisotopic (exact) mass is 294 g/mol. The maximum Gasteiger partial charge on any atom is 0.307 e. The van der Waals surface area contributed by atoms with Crippen molar-refractivity contribution in [1.82, 2.24) is 0 Å². The number of carbonyl (C=O) groups is 1. The summed E-state index contributed by atoms with van der Waals surface area (Å²) in [7, 11) is 1.54. The minimum Gasteiger partial charge on any atom is -0.496 e. The van der Waals surface area contributed by atoms with E-state index in [1.54, 1.807) is 25.3 Å². The maximum atomic E-state index is 11.3. The summed E-state index contributed by atoms with van der Waals surface area (Å²) in [5.41, 5.74) is 1.21. The Balaban J connectivity index is 2.15. The van der Waals surface area contributed by atoms with Crippen LogP contribution in [0.5, 0.6) is 5.75 Å². The average molecular weight is 295 g/mol. The second-order valence-corrected chi connectivity index (χ2v) is 5.55. The fourth-order valence-electron chi connectivity index (χ4n) is 2.92. The molecule has 20 heavy (non-hydrogen) atoms. The lowest BCUT2D eigenvalue weighted by atomic mass is 9.98. The summed E-state index contributed by atoms with van der Waals surface area (Å²) < 4.78 is 10.6. The molecule has 0 saturated heterocycles. The number of aliphatic hydroxyl groups is 1. The Morgan fingerprint density at radius 2 is 2.20 bits per heavy atom. The number of benzene rings is 1. The smallest absolute Gasteiger partial charge is 0.307 e. The first-order valence-electron chi connectivity index (χ1n) is 6.48. The van der Waals surface area contributed by atoms with Crippen molar-refractivity contribution in [3.05, 3.63) is 34.5 Å². The highest BCUT2D eigenvalue weighted by Gasteiger charge is 2.55. The number of ether oxygens (including phenoxy) is 2. The van der Waals surface area contributed by atoms with E-state index < -0.39 is 6.10 Å². The van der Waals surface area contributed by atoms with Gasteiger partial charge in [-0.3, -0.25) is 4.79 Å². The number of esters is 1. The fraction of sp³-hybridized carbons (Fsp3) is 0.400. The van der Waals surface area contributed by atoms with Crippen LogP contribution in [0.1, 0.15) is 18.9 Å². The largest absolute Gasteiger partial charge is 0.496 e. The van der Waals surface area contributed by atoms with Gasteiger partial charge in [-0.25, -0.2) is 0 Å². The van der Waals surface area contributed by atoms with Crippen LogP contribution < -0.4 is 4.74 Å². The number of aliphatic hydroxyl groups excluding tert-OH is 1. The van der Waals surface area contributed by atoms with E-state index in [0.717, 1.165) is 6.42 Å². The lowest BCUT2D eigenvalue weighted by Crippen LogP contribution is -2.12. The molecule has 0 bridgehead atoms. The van der Waals surface area contributed by atoms with E-state index >= 15 is 0 Å². The highest BCUT2D eigenvalue weighted by atomic mass is 35.5. The Morgan fingerprint density at radius 3 is 2.85 bits per heavy atom. The minimum absolute atomic E-state index is 0.116. The molecule has 3 rings (SSSR count). The number of allylic oxidation sites excluding steroid dienone is 1. The molecule has 0 amide bonds. The van der Waals surface area contributed by atoms with Gasteiger partial charge in [-0.05, 0) is 24.5 Å². The third kappa shape index (κ3) is 2.00. The maximum absolute atomic E-state index is 11.3. The third-order valence-corrected chi connectivity index (χ3v) is 4.18. The predicted molar refractivity (Wildman–Crippen MR) is 74.3 cm³/mol. The number of methoxy groups -OCH3 is 1. The molecule has 2 aliphatic carbocycles. The van der Waals surface area contributed by atoms with Crippen molar-refractivity contribution in [2.24, 2.45) is 11.8 Å². The van der Waals surface area contributed by atoms with E-state index in [4.69, 9.17) is 21.1 Å². The molecule has 0 spiro atoms. The van der Waals surface area contributed by atoms with E-state index in [1.165, 1.54) is 6.92 Å². The highest BCUT2D eigenvalue weighted by Crippen LogP contribution is 2.59. The molecule has 106 valence electrons. The van der Waals surface area contributed by atoms with Crippen molar-refractivity contribution in [2.45, 2.75) is 19.4 Å². The van der Waals surface area contributed by atoms with Gasteiger partial charge in [0.1, 0.15) is 11.5 Å². The van der Waals surface area contributed by atoms with E-state index in [9.17, 15) is 9.90 Å². The molecule has 0 heterocycles. The standard InChI is InChI=1S/C15H15ClO4/c1-7(17)20-15-9-6-8(9)14(18)13(15)12-10(16)4-3-5-11(12)19-2/h3-5,8-9,14,18H,6H2,1-2H3. The average Bonchev–Trinajstić information content (AvgIpc) is 3.14. The van der Waals surface area contributed by atoms with E-state index in [-0.39, 0.29) is 17.8 Å². The second-order valence-electron chi connectivity index (χ2n) is 5.14. The number of carbonyl (C=O) groups excluding carboxylic acids is 1. The van der Waals surface area contributed by atoms with E-state index in [1.807, 2.05) is 0 Å². The lowest BCUT2D eigenvalue weighted by molar-refractivity contribution is -0.137. The van der Waals surface area contributed by atoms with Gasteiger partial charge in [-0.2, -0.15) is 0 Å². The van der Waals surface area contributed by atoms with Gasteiger partial charge in [-0.1, -0.05) is 17.7 Å². The molecule has 0 radical (unpaired) electrons. The third-order valence-electron chi connectivity index (χ3n) is 3.86. The first-order chi connectivity index (χ1) is 9.54. The van der Waals surface area contributed by atoms with Gasteiger partial charge in [0, 0.05) is 24.0 Å². The number of halogens is 1. The van der Waals surface area contributed by atoms with Crippen LogP contribution in [0.3, 0.4) is 0 Å². The van der Waals surface area contributed by atoms with Gasteiger partial charge in [0.25, 0.3) is 0 Å². The quantitative estimate of drug-likeness (QED) is 0.871. The molecule has 0 aliphatic heterocycles. The summed E-state index contributed by atoms with van der Waals surface area (Å²) in [4.78, 5) is 11.3. The second kappa shape index (κ2) is 4.79. The van der Waals surface area contributed by atoms with Crippen molar-refractivity contribution >= 4 is 23.1 Å². The Morgan fingerprint density at radius 1 is 1.45 bits per heavy atom. The lowest BCUT2D eigenvalue weighted by Gasteiger charge is -2.18. The zero-order valence-corrected chi connectivity index (χ0v) is 12.0. The van der Waals surface area contributed by atoms with Gasteiger partial charge >= 0.3 is 5.97 Å². The van der Waals surface area contributed by atoms with Crippen molar-refractivity contribution < 1.29 is 19.4 Å². The van der Waals surface area contributed by atoms with Crippen LogP contribution >= 0.6 is 11.6 Å². The molecule has 1 aromatic rings. The van der Waals surface area contributed by atoms with Crippen molar-refractivity contribution in [1.29, 1.82) is 0 Å². The molecule has 3 atom stereocenters. The van der Waals surface area contributed by atoms with Crippen LogP contribution in [0.4, 0.5) is 0 Å². The SMILES string of the molecule is COc1cccc(Cl)c1C1=C(OC(C)=O)C2CC2C1O.